The third kappa shape index (κ3) is 9.04. The largest absolute Gasteiger partial charge is 0.310 e. The van der Waals surface area contributed by atoms with Crippen molar-refractivity contribution in [1.29, 1.82) is 0 Å². The molecule has 0 N–H and O–H groups in total. The van der Waals surface area contributed by atoms with E-state index in [0.29, 0.717) is 0 Å². The molecule has 0 amide bonds. The highest BCUT2D eigenvalue weighted by Crippen LogP contribution is 2.53. The Kier molecular flexibility index (Phi) is 13.0. The summed E-state index contributed by atoms with van der Waals surface area (Å²) >= 11 is 5.71. The molecule has 1 aliphatic rings. The van der Waals surface area contributed by atoms with Crippen molar-refractivity contribution in [2.24, 2.45) is 0 Å². The number of benzene rings is 15. The zero-order valence-corrected chi connectivity index (χ0v) is 56.2. The molecule has 1 aliphatic carbocycles. The number of aromatic nitrogens is 1. The van der Waals surface area contributed by atoms with E-state index in [1.54, 1.807) is 0 Å². The molecule has 20 rings (SSSR count). The minimum Gasteiger partial charge on any atom is -0.310 e. The fourth-order valence-corrected chi connectivity index (χ4v) is 19.7. The summed E-state index contributed by atoms with van der Waals surface area (Å²) in [6, 6.07) is 123. The number of hydrogen-bond acceptors (Lipinski definition) is 4. The lowest BCUT2D eigenvalue weighted by molar-refractivity contribution is 0.660. The Morgan fingerprint density at radius 3 is 1.24 bits per heavy atom. The first-order valence-electron chi connectivity index (χ1n) is 33.7. The molecule has 0 fully saturated rings. The molecule has 0 aliphatic heterocycles. The van der Waals surface area contributed by atoms with Crippen molar-refractivity contribution < 1.29 is 0 Å². The van der Waals surface area contributed by atoms with Gasteiger partial charge in [0.05, 0.1) is 11.0 Å². The van der Waals surface area contributed by atoms with Gasteiger partial charge in [0, 0.05) is 99.5 Å². The Balaban J connectivity index is 0.657. The molecular formula is C93H60N2S3. The number of nitrogens with zero attached hydrogens (tertiary/aromatic N) is 2. The fourth-order valence-electron chi connectivity index (χ4n) is 16.0. The summed E-state index contributed by atoms with van der Waals surface area (Å²) in [6.45, 7) is 4.83. The standard InChI is InChI=1S/C93H60N2S3/c1-93(2)83-55-62(61-40-49-89-82(54-61)80-30-17-27-72(92(80)98-89)65-51-63(70-25-15-28-78-76-23-10-13-32-87(76)96-90(70)78)50-64(52-65)71-26-16-29-79-77-24-11-14-33-88(77)97-91(71)79)38-46-73(83)74-47-45-69(56-84(74)93)94(67-41-34-58(35-42-67)57-18-5-3-6-19-57)68-43-36-59(37-44-68)60-39-48-86-81(53-60)75-22-9-12-31-85(75)95(86)66-20-7-4-8-21-66/h3-56H,1-2H3. The Morgan fingerprint density at radius 1 is 0.245 bits per heavy atom. The van der Waals surface area contributed by atoms with Crippen LogP contribution in [0.15, 0.2) is 328 Å². The average molecular weight is 1300 g/mol. The van der Waals surface area contributed by atoms with Crippen LogP contribution in [-0.4, -0.2) is 4.57 Å². The maximum atomic E-state index is 2.48. The minimum atomic E-state index is -0.280. The molecule has 0 bridgehead atoms. The van der Waals surface area contributed by atoms with Crippen LogP contribution in [0.3, 0.4) is 0 Å². The first-order chi connectivity index (χ1) is 48.3. The molecule has 460 valence electrons. The summed E-state index contributed by atoms with van der Waals surface area (Å²) in [6.07, 6.45) is 0. The summed E-state index contributed by atoms with van der Waals surface area (Å²) in [4.78, 5) is 2.43. The van der Waals surface area contributed by atoms with Crippen LogP contribution in [0.1, 0.15) is 25.0 Å². The minimum absolute atomic E-state index is 0.280. The molecule has 5 heteroatoms. The maximum Gasteiger partial charge on any atom is 0.0541 e. The first kappa shape index (κ1) is 56.9. The monoisotopic (exact) mass is 1300 g/mol. The molecule has 4 heterocycles. The second kappa shape index (κ2) is 22.3. The van der Waals surface area contributed by atoms with Crippen LogP contribution in [0.5, 0.6) is 0 Å². The van der Waals surface area contributed by atoms with Crippen molar-refractivity contribution >= 4 is 133 Å². The Bertz CT molecular complexity index is 6310. The normalized spacial score (nSPS) is 12.7. The van der Waals surface area contributed by atoms with E-state index in [1.807, 2.05) is 34.0 Å². The second-order valence-electron chi connectivity index (χ2n) is 26.7. The number of thiophene rings is 3. The maximum absolute atomic E-state index is 2.48. The number of rotatable bonds is 10. The number of fused-ring (bicyclic) bond motifs is 15. The molecule has 98 heavy (non-hydrogen) atoms. The van der Waals surface area contributed by atoms with Crippen molar-refractivity contribution in [3.8, 4) is 83.6 Å². The van der Waals surface area contributed by atoms with Crippen LogP contribution in [0.4, 0.5) is 17.1 Å². The molecular weight excluding hydrogens is 1240 g/mol. The van der Waals surface area contributed by atoms with Gasteiger partial charge in [-0.2, -0.15) is 0 Å². The van der Waals surface area contributed by atoms with E-state index in [1.165, 1.54) is 171 Å². The molecule has 0 saturated heterocycles. The highest BCUT2D eigenvalue weighted by molar-refractivity contribution is 7.27. The van der Waals surface area contributed by atoms with Crippen LogP contribution < -0.4 is 4.90 Å². The highest BCUT2D eigenvalue weighted by Gasteiger charge is 2.37. The quantitative estimate of drug-likeness (QED) is 0.132. The topological polar surface area (TPSA) is 8.17 Å². The Labute approximate surface area is 580 Å². The summed E-state index contributed by atoms with van der Waals surface area (Å²) in [5.41, 5.74) is 26.6. The molecule has 19 aromatic rings. The van der Waals surface area contributed by atoms with Gasteiger partial charge < -0.3 is 9.47 Å². The van der Waals surface area contributed by atoms with Crippen LogP contribution in [0.25, 0.3) is 166 Å². The van der Waals surface area contributed by atoms with Gasteiger partial charge >= 0.3 is 0 Å². The lowest BCUT2D eigenvalue weighted by Crippen LogP contribution is -2.16. The van der Waals surface area contributed by atoms with Crippen LogP contribution in [-0.2, 0) is 5.41 Å². The van der Waals surface area contributed by atoms with Crippen LogP contribution >= 0.6 is 34.0 Å². The highest BCUT2D eigenvalue weighted by atomic mass is 32.1. The van der Waals surface area contributed by atoms with Gasteiger partial charge in [-0.1, -0.05) is 226 Å². The van der Waals surface area contributed by atoms with E-state index in [4.69, 9.17) is 0 Å². The van der Waals surface area contributed by atoms with E-state index >= 15 is 0 Å². The van der Waals surface area contributed by atoms with Gasteiger partial charge in [-0.15, -0.1) is 34.0 Å². The number of para-hydroxylation sites is 2. The second-order valence-corrected chi connectivity index (χ2v) is 29.8. The first-order valence-corrected chi connectivity index (χ1v) is 36.1. The third-order valence-electron chi connectivity index (χ3n) is 20.8. The van der Waals surface area contributed by atoms with Crippen LogP contribution in [0, 0.1) is 0 Å². The van der Waals surface area contributed by atoms with Crippen molar-refractivity contribution in [2.75, 3.05) is 4.90 Å². The number of hydrogen-bond donors (Lipinski definition) is 0. The summed E-state index contributed by atoms with van der Waals surface area (Å²) in [5.74, 6) is 0. The van der Waals surface area contributed by atoms with Crippen molar-refractivity contribution in [3.63, 3.8) is 0 Å². The SMILES string of the molecule is CC1(C)c2cc(-c3ccc4sc5c(-c6cc(-c7cccc8c7sc7ccccc78)cc(-c7cccc8c7sc7ccccc78)c6)cccc5c4c3)ccc2-c2ccc(N(c3ccc(-c4ccccc4)cc3)c3ccc(-c4ccc5c(c4)c4ccccc4n5-c4ccccc4)cc3)cc21. The predicted molar refractivity (Wildman–Crippen MR) is 424 cm³/mol. The van der Waals surface area contributed by atoms with Gasteiger partial charge in [0.2, 0.25) is 0 Å². The number of anilines is 3. The summed E-state index contributed by atoms with van der Waals surface area (Å²) in [5, 5.41) is 10.3. The fraction of sp³-hybridized carbons (Fsp3) is 0.0323. The zero-order valence-electron chi connectivity index (χ0n) is 53.8. The van der Waals surface area contributed by atoms with Gasteiger partial charge in [0.15, 0.2) is 0 Å². The zero-order chi connectivity index (χ0) is 64.7. The smallest absolute Gasteiger partial charge is 0.0541 e. The van der Waals surface area contributed by atoms with Crippen molar-refractivity contribution in [3.05, 3.63) is 339 Å². The lowest BCUT2D eigenvalue weighted by Gasteiger charge is -2.28. The average Bonchev–Trinajstić information content (AvgIpc) is 1.57. The van der Waals surface area contributed by atoms with Gasteiger partial charge in [-0.05, 0) is 204 Å². The third-order valence-corrected chi connectivity index (χ3v) is 24.5. The molecule has 0 radical (unpaired) electrons. The molecule has 15 aromatic carbocycles. The summed E-state index contributed by atoms with van der Waals surface area (Å²) in [7, 11) is 0. The molecule has 0 atom stereocenters. The van der Waals surface area contributed by atoms with Crippen molar-refractivity contribution in [1.82, 2.24) is 4.57 Å². The molecule has 0 spiro atoms. The van der Waals surface area contributed by atoms with Gasteiger partial charge in [0.25, 0.3) is 0 Å². The van der Waals surface area contributed by atoms with E-state index in [2.05, 4.69) is 351 Å². The predicted octanol–water partition coefficient (Wildman–Crippen LogP) is 27.7. The van der Waals surface area contributed by atoms with E-state index in [-0.39, 0.29) is 5.41 Å². The Hall–Kier alpha value is -11.4. The van der Waals surface area contributed by atoms with Gasteiger partial charge in [-0.3, -0.25) is 0 Å². The lowest BCUT2D eigenvalue weighted by atomic mass is 9.81. The van der Waals surface area contributed by atoms with Crippen molar-refractivity contribution in [2.45, 2.75) is 19.3 Å². The molecule has 0 saturated carbocycles. The van der Waals surface area contributed by atoms with E-state index in [0.717, 1.165) is 22.7 Å². The van der Waals surface area contributed by atoms with E-state index in [9.17, 15) is 0 Å². The molecule has 0 unspecified atom stereocenters. The van der Waals surface area contributed by atoms with E-state index < -0.39 is 0 Å². The van der Waals surface area contributed by atoms with Gasteiger partial charge in [-0.25, -0.2) is 0 Å². The Morgan fingerprint density at radius 2 is 0.643 bits per heavy atom. The molecule has 2 nitrogen and oxygen atoms in total. The van der Waals surface area contributed by atoms with Gasteiger partial charge in [0.1, 0.15) is 0 Å². The molecule has 4 aromatic heterocycles. The summed E-state index contributed by atoms with van der Waals surface area (Å²) < 4.78 is 10.3. The van der Waals surface area contributed by atoms with Crippen LogP contribution in [0.2, 0.25) is 0 Å².